The molecule has 34 heavy (non-hydrogen) atoms. The van der Waals surface area contributed by atoms with E-state index in [1.165, 1.54) is 7.05 Å². The largest absolute Gasteiger partial charge is 0.475 e. The third kappa shape index (κ3) is 6.90. The van der Waals surface area contributed by atoms with E-state index in [0.717, 1.165) is 11.9 Å². The van der Waals surface area contributed by atoms with Crippen LogP contribution in [-0.4, -0.2) is 65.8 Å². The number of halogens is 8. The van der Waals surface area contributed by atoms with E-state index < -0.39 is 62.6 Å². The Morgan fingerprint density at radius 1 is 1.24 bits per heavy atom. The van der Waals surface area contributed by atoms with Crippen LogP contribution in [0.5, 0.6) is 5.75 Å². The third-order valence-corrected chi connectivity index (χ3v) is 5.35. The molecule has 0 saturated heterocycles. The Bertz CT molecular complexity index is 973. The van der Waals surface area contributed by atoms with Gasteiger partial charge in [0.1, 0.15) is 10.6 Å². The number of benzene rings is 1. The van der Waals surface area contributed by atoms with Gasteiger partial charge in [-0.05, 0) is 36.0 Å². The molecule has 0 fully saturated rings. The predicted octanol–water partition coefficient (Wildman–Crippen LogP) is 3.83. The topological polar surface area (TPSA) is 104 Å². The molecule has 2 rings (SSSR count). The number of nitrogens with one attached hydrogen (secondary N) is 1. The van der Waals surface area contributed by atoms with Gasteiger partial charge < -0.3 is 14.6 Å². The normalized spacial score (nSPS) is 18.6. The summed E-state index contributed by atoms with van der Waals surface area (Å²) < 4.78 is 115. The lowest BCUT2D eigenvalue weighted by Gasteiger charge is -2.41. The fraction of sp³-hybridized carbons (Fsp3) is 0.438. The van der Waals surface area contributed by atoms with Crippen molar-refractivity contribution in [1.82, 2.24) is 15.9 Å². The first-order chi connectivity index (χ1) is 15.2. The molecule has 0 bridgehead atoms. The fourth-order valence-corrected chi connectivity index (χ4v) is 3.40. The molecule has 0 radical (unpaired) electrons. The molecule has 3 N–H and O–H groups in total. The van der Waals surface area contributed by atoms with Gasteiger partial charge in [0.15, 0.2) is 0 Å². The average molecular weight is 533 g/mol. The van der Waals surface area contributed by atoms with Crippen molar-refractivity contribution in [3.8, 4) is 5.75 Å². The maximum Gasteiger partial charge on any atom is 0.430 e. The number of likely N-dealkylation sites (N-methyl/N-ethyl adjacent to an activating group) is 1. The Morgan fingerprint density at radius 3 is 2.38 bits per heavy atom. The van der Waals surface area contributed by atoms with Crippen LogP contribution in [0.15, 0.2) is 22.6 Å². The fourth-order valence-electron chi connectivity index (χ4n) is 2.65. The van der Waals surface area contributed by atoms with Gasteiger partial charge in [0.05, 0.1) is 12.2 Å². The van der Waals surface area contributed by atoms with Crippen molar-refractivity contribution >= 4 is 22.3 Å². The van der Waals surface area contributed by atoms with Crippen molar-refractivity contribution in [2.75, 3.05) is 27.0 Å². The molecule has 18 heteroatoms. The van der Waals surface area contributed by atoms with Crippen molar-refractivity contribution in [1.29, 1.82) is 0 Å². The lowest BCUT2D eigenvalue weighted by Crippen LogP contribution is -2.48. The Labute approximate surface area is 186 Å². The summed E-state index contributed by atoms with van der Waals surface area (Å²) in [7, 11) is -8.92. The first-order valence-electron chi connectivity index (χ1n) is 8.93. The molecule has 196 valence electrons. The summed E-state index contributed by atoms with van der Waals surface area (Å²) in [5, 5.41) is 19.3. The number of rotatable bonds is 9. The van der Waals surface area contributed by atoms with Crippen molar-refractivity contribution in [2.24, 2.45) is 0 Å². The van der Waals surface area contributed by atoms with Crippen LogP contribution in [0.3, 0.4) is 0 Å². The maximum absolute atomic E-state index is 13.4. The zero-order valence-electron chi connectivity index (χ0n) is 17.3. The first kappa shape index (κ1) is 28.0. The molecule has 0 unspecified atom stereocenters. The molecule has 1 aliphatic rings. The van der Waals surface area contributed by atoms with Gasteiger partial charge >= 0.3 is 22.4 Å². The second-order valence-electron chi connectivity index (χ2n) is 6.95. The summed E-state index contributed by atoms with van der Waals surface area (Å²) in [4.78, 5) is 14.3. The van der Waals surface area contributed by atoms with Crippen molar-refractivity contribution in [2.45, 2.75) is 24.1 Å². The molecule has 1 aromatic carbocycles. The van der Waals surface area contributed by atoms with Gasteiger partial charge in [-0.1, -0.05) is 25.0 Å². The van der Waals surface area contributed by atoms with E-state index in [4.69, 9.17) is 5.11 Å². The number of alkyl halides is 3. The van der Waals surface area contributed by atoms with Crippen LogP contribution < -0.4 is 10.3 Å². The van der Waals surface area contributed by atoms with Gasteiger partial charge in [-0.15, -0.1) is 0 Å². The van der Waals surface area contributed by atoms with E-state index in [0.29, 0.717) is 6.08 Å². The number of aliphatic hydroxyl groups is 1. The quantitative estimate of drug-likeness (QED) is 0.144. The number of hydrazine groups is 2. The van der Waals surface area contributed by atoms with Crippen LogP contribution in [0.1, 0.15) is 11.1 Å². The highest BCUT2D eigenvalue weighted by Gasteiger charge is 2.65. The third-order valence-electron chi connectivity index (χ3n) is 4.23. The molecule has 1 aromatic rings. The lowest BCUT2D eigenvalue weighted by molar-refractivity contribution is -0.348. The highest BCUT2D eigenvalue weighted by Crippen LogP contribution is 3.02. The average Bonchev–Trinajstić information content (AvgIpc) is 2.67. The standard InChI is InChI=1S/C16H19F8N3O6S/c1-9-5-11(34(20,21,22,23)24)6-10-7-12(14(16(17,18)19)33-13(9)10)15(29)31-8-32-25-27(30)26(2)3-4-28/h5-7,14,25,28,30H,3-4,8H2,1-2H3/t14-/m0/s1. The van der Waals surface area contributed by atoms with E-state index in [1.807, 2.05) is 0 Å². The van der Waals surface area contributed by atoms with Gasteiger partial charge in [-0.2, -0.15) is 13.2 Å². The number of hydrogen-bond acceptors (Lipinski definition) is 9. The number of ether oxygens (including phenoxy) is 2. The van der Waals surface area contributed by atoms with E-state index in [9.17, 15) is 42.6 Å². The van der Waals surface area contributed by atoms with Gasteiger partial charge in [0.25, 0.3) is 0 Å². The SMILES string of the molecule is Cc1cc(S(F)(F)(F)(F)F)cc2c1O[C@H](C(F)(F)F)C(C(=O)OCONN(O)N(C)CCO)=C2. The summed E-state index contributed by atoms with van der Waals surface area (Å²) in [6.07, 6.45) is -7.91. The molecular formula is C16H19F8N3O6S. The highest BCUT2D eigenvalue weighted by molar-refractivity contribution is 8.45. The number of fused-ring (bicyclic) bond motifs is 1. The van der Waals surface area contributed by atoms with Crippen LogP contribution in [0.2, 0.25) is 0 Å². The summed E-state index contributed by atoms with van der Waals surface area (Å²) in [5.41, 5.74) is -1.07. The smallest absolute Gasteiger partial charge is 0.430 e. The summed E-state index contributed by atoms with van der Waals surface area (Å²) >= 11 is 0. The maximum atomic E-state index is 13.4. The van der Waals surface area contributed by atoms with Gasteiger partial charge in [-0.3, -0.25) is 5.21 Å². The van der Waals surface area contributed by atoms with Gasteiger partial charge in [-0.25, -0.2) is 14.6 Å². The highest BCUT2D eigenvalue weighted by atomic mass is 32.5. The molecule has 0 amide bonds. The molecule has 0 aliphatic carbocycles. The molecule has 9 nitrogen and oxygen atoms in total. The number of carbonyl (C=O) groups is 1. The Balaban J connectivity index is 2.30. The first-order valence-corrected chi connectivity index (χ1v) is 10.9. The van der Waals surface area contributed by atoms with Crippen molar-refractivity contribution in [3.63, 3.8) is 0 Å². The monoisotopic (exact) mass is 533 g/mol. The van der Waals surface area contributed by atoms with Crippen LogP contribution in [0, 0.1) is 6.92 Å². The predicted molar refractivity (Wildman–Crippen MR) is 99.5 cm³/mol. The summed E-state index contributed by atoms with van der Waals surface area (Å²) in [5.74, 6) is -2.52. The molecule has 1 aliphatic heterocycles. The number of carbonyl (C=O) groups excluding carboxylic acids is 1. The van der Waals surface area contributed by atoms with Crippen molar-refractivity contribution < 1.29 is 62.0 Å². The van der Waals surface area contributed by atoms with E-state index in [1.54, 1.807) is 5.59 Å². The van der Waals surface area contributed by atoms with Crippen molar-refractivity contribution in [3.05, 3.63) is 28.8 Å². The minimum Gasteiger partial charge on any atom is -0.475 e. The zero-order valence-corrected chi connectivity index (χ0v) is 18.1. The van der Waals surface area contributed by atoms with Crippen LogP contribution in [0.4, 0.5) is 32.6 Å². The Hall–Kier alpha value is -2.22. The Morgan fingerprint density at radius 2 is 1.85 bits per heavy atom. The minimum absolute atomic E-state index is 0.0427. The summed E-state index contributed by atoms with van der Waals surface area (Å²) in [6.45, 7) is -0.724. The van der Waals surface area contributed by atoms with E-state index in [-0.39, 0.29) is 30.6 Å². The molecule has 0 aromatic heterocycles. The zero-order chi connectivity index (χ0) is 26.2. The minimum atomic E-state index is -10.2. The van der Waals surface area contributed by atoms with Crippen LogP contribution in [0.25, 0.3) is 6.08 Å². The molecule has 0 spiro atoms. The number of hydrogen-bond donors (Lipinski definition) is 3. The molecule has 0 saturated carbocycles. The Kier molecular flexibility index (Phi) is 7.23. The molecular weight excluding hydrogens is 514 g/mol. The van der Waals surface area contributed by atoms with Crippen LogP contribution in [-0.2, 0) is 14.4 Å². The van der Waals surface area contributed by atoms with Gasteiger partial charge in [0.2, 0.25) is 12.9 Å². The lowest BCUT2D eigenvalue weighted by atomic mass is 9.99. The second kappa shape index (κ2) is 8.77. The molecule has 1 atom stereocenters. The van der Waals surface area contributed by atoms with Crippen LogP contribution >= 0.6 is 10.2 Å². The second-order valence-corrected chi connectivity index (χ2v) is 9.36. The summed E-state index contributed by atoms with van der Waals surface area (Å²) in [6, 6.07) is -0.165. The number of esters is 1. The number of aliphatic hydroxyl groups excluding tert-OH is 1. The molecule has 1 heterocycles. The number of aryl methyl sites for hydroxylation is 1. The van der Waals surface area contributed by atoms with Gasteiger partial charge in [0, 0.05) is 19.2 Å². The van der Waals surface area contributed by atoms with E-state index in [2.05, 4.69) is 14.3 Å². The van der Waals surface area contributed by atoms with E-state index >= 15 is 0 Å². The number of nitrogens with zero attached hydrogens (tertiary/aromatic N) is 2.